The van der Waals surface area contributed by atoms with Gasteiger partial charge in [0, 0.05) is 38.4 Å². The molecule has 1 aliphatic rings. The Bertz CT molecular complexity index is 823. The number of hydrogen-bond acceptors (Lipinski definition) is 3. The Balaban J connectivity index is 1.56. The molecule has 0 aliphatic carbocycles. The van der Waals surface area contributed by atoms with Crippen LogP contribution in [-0.2, 0) is 12.7 Å². The Kier molecular flexibility index (Phi) is 8.00. The van der Waals surface area contributed by atoms with Gasteiger partial charge in [0.2, 0.25) is 0 Å². The molecule has 2 aromatic carbocycles. The van der Waals surface area contributed by atoms with Gasteiger partial charge < -0.3 is 11.1 Å². The van der Waals surface area contributed by atoms with Crippen LogP contribution in [0.3, 0.4) is 0 Å². The van der Waals surface area contributed by atoms with Crippen LogP contribution in [0, 0.1) is 11.8 Å². The van der Waals surface area contributed by atoms with Crippen LogP contribution >= 0.6 is 0 Å². The van der Waals surface area contributed by atoms with Crippen molar-refractivity contribution in [3.05, 3.63) is 65.2 Å². The molecule has 0 aromatic heterocycles. The second kappa shape index (κ2) is 10.5. The number of nitrogens with one attached hydrogen (secondary N) is 1. The number of anilines is 1. The minimum atomic E-state index is -4.30. The van der Waals surface area contributed by atoms with Crippen molar-refractivity contribution in [1.82, 2.24) is 4.90 Å². The highest BCUT2D eigenvalue weighted by atomic mass is 19.4. The summed E-state index contributed by atoms with van der Waals surface area (Å²) in [7, 11) is 0. The van der Waals surface area contributed by atoms with E-state index < -0.39 is 11.7 Å². The summed E-state index contributed by atoms with van der Waals surface area (Å²) >= 11 is 0. The van der Waals surface area contributed by atoms with Gasteiger partial charge in [-0.1, -0.05) is 44.2 Å². The van der Waals surface area contributed by atoms with Crippen LogP contribution in [0.2, 0.25) is 0 Å². The zero-order chi connectivity index (χ0) is 22.4. The van der Waals surface area contributed by atoms with Crippen molar-refractivity contribution in [3.8, 4) is 0 Å². The summed E-state index contributed by atoms with van der Waals surface area (Å²) in [5.41, 5.74) is 8.17. The molecule has 0 spiro atoms. The Morgan fingerprint density at radius 1 is 1.16 bits per heavy atom. The van der Waals surface area contributed by atoms with Crippen LogP contribution in [0.1, 0.15) is 49.3 Å². The maximum atomic E-state index is 13.1. The Labute approximate surface area is 183 Å². The van der Waals surface area contributed by atoms with Gasteiger partial charge in [0.05, 0.1) is 5.56 Å². The molecule has 170 valence electrons. The molecule has 0 amide bonds. The van der Waals surface area contributed by atoms with E-state index in [4.69, 9.17) is 5.73 Å². The van der Waals surface area contributed by atoms with Crippen molar-refractivity contribution in [1.29, 1.82) is 0 Å². The van der Waals surface area contributed by atoms with Crippen molar-refractivity contribution >= 4 is 5.69 Å². The number of alkyl halides is 3. The summed E-state index contributed by atoms with van der Waals surface area (Å²) in [4.78, 5) is 2.40. The summed E-state index contributed by atoms with van der Waals surface area (Å²) in [5, 5.41) is 3.34. The number of rotatable bonds is 9. The normalized spacial score (nSPS) is 19.7. The SMILES string of the molecule is CC(CCC1CNc2ccc(C(F)(F)F)cc2C1C)CN(CCN)Cc1ccccc1. The van der Waals surface area contributed by atoms with Crippen LogP contribution < -0.4 is 11.1 Å². The van der Waals surface area contributed by atoms with Gasteiger partial charge in [0.25, 0.3) is 0 Å². The zero-order valence-corrected chi connectivity index (χ0v) is 18.5. The highest BCUT2D eigenvalue weighted by Crippen LogP contribution is 2.40. The molecule has 3 nitrogen and oxygen atoms in total. The largest absolute Gasteiger partial charge is 0.416 e. The summed E-state index contributed by atoms with van der Waals surface area (Å²) in [5.74, 6) is 0.927. The minimum Gasteiger partial charge on any atom is -0.385 e. The van der Waals surface area contributed by atoms with E-state index in [1.54, 1.807) is 6.07 Å². The molecule has 1 heterocycles. The third-order valence-corrected chi connectivity index (χ3v) is 6.43. The summed E-state index contributed by atoms with van der Waals surface area (Å²) < 4.78 is 39.4. The molecule has 6 heteroatoms. The Hall–Kier alpha value is -2.05. The predicted octanol–water partition coefficient (Wildman–Crippen LogP) is 5.73. The van der Waals surface area contributed by atoms with Gasteiger partial charge in [-0.15, -0.1) is 0 Å². The summed E-state index contributed by atoms with van der Waals surface area (Å²) in [6.45, 7) is 8.46. The van der Waals surface area contributed by atoms with Gasteiger partial charge in [0.15, 0.2) is 0 Å². The van der Waals surface area contributed by atoms with Gasteiger partial charge in [-0.25, -0.2) is 0 Å². The highest BCUT2D eigenvalue weighted by molar-refractivity contribution is 5.56. The fourth-order valence-corrected chi connectivity index (χ4v) is 4.59. The molecule has 0 fully saturated rings. The third-order valence-electron chi connectivity index (χ3n) is 6.43. The molecule has 0 saturated heterocycles. The van der Waals surface area contributed by atoms with Crippen LogP contribution in [0.15, 0.2) is 48.5 Å². The Morgan fingerprint density at radius 3 is 2.58 bits per heavy atom. The molecular formula is C25H34F3N3. The quantitative estimate of drug-likeness (QED) is 0.531. The second-order valence-electron chi connectivity index (χ2n) is 8.92. The number of fused-ring (bicyclic) bond motifs is 1. The molecule has 0 bridgehead atoms. The van der Waals surface area contributed by atoms with Crippen molar-refractivity contribution in [2.75, 3.05) is 31.5 Å². The first kappa shape index (κ1) is 23.6. The van der Waals surface area contributed by atoms with Gasteiger partial charge in [-0.3, -0.25) is 4.90 Å². The monoisotopic (exact) mass is 433 g/mol. The average Bonchev–Trinajstić information content (AvgIpc) is 2.73. The minimum absolute atomic E-state index is 0.107. The van der Waals surface area contributed by atoms with Crippen LogP contribution in [0.5, 0.6) is 0 Å². The van der Waals surface area contributed by atoms with Gasteiger partial charge in [-0.2, -0.15) is 13.2 Å². The number of nitrogens with zero attached hydrogens (tertiary/aromatic N) is 1. The lowest BCUT2D eigenvalue weighted by atomic mass is 9.79. The van der Waals surface area contributed by atoms with Gasteiger partial charge >= 0.3 is 6.18 Å². The van der Waals surface area contributed by atoms with Gasteiger partial charge in [-0.05, 0) is 59.9 Å². The van der Waals surface area contributed by atoms with Crippen LogP contribution in [0.4, 0.5) is 18.9 Å². The van der Waals surface area contributed by atoms with E-state index in [1.165, 1.54) is 17.7 Å². The first-order valence-corrected chi connectivity index (χ1v) is 11.2. The standard InChI is InChI=1S/C25H34F3N3/c1-18(16-31(13-12-29)17-20-6-4-3-5-7-20)8-9-21-15-30-24-11-10-22(25(26,27)28)14-23(24)19(21)2/h3-7,10-11,14,18-19,21,30H,8-9,12-13,15-17,29H2,1-2H3. The number of benzene rings is 2. The zero-order valence-electron chi connectivity index (χ0n) is 18.5. The summed E-state index contributed by atoms with van der Waals surface area (Å²) in [6, 6.07) is 14.5. The average molecular weight is 434 g/mol. The van der Waals surface area contributed by atoms with Crippen molar-refractivity contribution in [2.24, 2.45) is 17.6 Å². The lowest BCUT2D eigenvalue weighted by Crippen LogP contribution is -2.33. The maximum absolute atomic E-state index is 13.1. The Morgan fingerprint density at radius 2 is 1.90 bits per heavy atom. The molecule has 0 radical (unpaired) electrons. The molecule has 2 aromatic rings. The second-order valence-corrected chi connectivity index (χ2v) is 8.92. The van der Waals surface area contributed by atoms with E-state index in [-0.39, 0.29) is 5.92 Å². The number of halogens is 3. The molecule has 3 rings (SSSR count). The van der Waals surface area contributed by atoms with Gasteiger partial charge in [0.1, 0.15) is 0 Å². The predicted molar refractivity (Wildman–Crippen MR) is 121 cm³/mol. The van der Waals surface area contributed by atoms with E-state index in [9.17, 15) is 13.2 Å². The molecule has 0 saturated carbocycles. The molecule has 1 aliphatic heterocycles. The van der Waals surface area contributed by atoms with Crippen LogP contribution in [-0.4, -0.2) is 31.1 Å². The first-order valence-electron chi connectivity index (χ1n) is 11.2. The lowest BCUT2D eigenvalue weighted by Gasteiger charge is -2.34. The first-order chi connectivity index (χ1) is 14.8. The van der Waals surface area contributed by atoms with Crippen molar-refractivity contribution in [2.45, 2.75) is 45.3 Å². The van der Waals surface area contributed by atoms with Crippen LogP contribution in [0.25, 0.3) is 0 Å². The number of hydrogen-bond donors (Lipinski definition) is 2. The van der Waals surface area contributed by atoms with E-state index >= 15 is 0 Å². The lowest BCUT2D eigenvalue weighted by molar-refractivity contribution is -0.137. The molecule has 3 atom stereocenters. The van der Waals surface area contributed by atoms with Crippen molar-refractivity contribution in [3.63, 3.8) is 0 Å². The topological polar surface area (TPSA) is 41.3 Å². The fourth-order valence-electron chi connectivity index (χ4n) is 4.59. The molecule has 3 unspecified atom stereocenters. The van der Waals surface area contributed by atoms with E-state index in [0.717, 1.165) is 50.3 Å². The van der Waals surface area contributed by atoms with Crippen molar-refractivity contribution < 1.29 is 13.2 Å². The smallest absolute Gasteiger partial charge is 0.385 e. The molecular weight excluding hydrogens is 399 g/mol. The fraction of sp³-hybridized carbons (Fsp3) is 0.520. The third kappa shape index (κ3) is 6.47. The van der Waals surface area contributed by atoms with E-state index in [2.05, 4.69) is 48.3 Å². The summed E-state index contributed by atoms with van der Waals surface area (Å²) in [6.07, 6.45) is -2.27. The van der Waals surface area contributed by atoms with E-state index in [1.807, 2.05) is 6.07 Å². The molecule has 31 heavy (non-hydrogen) atoms. The van der Waals surface area contributed by atoms with E-state index in [0.29, 0.717) is 18.4 Å². The number of nitrogens with two attached hydrogens (primary N) is 1. The molecule has 3 N–H and O–H groups in total. The maximum Gasteiger partial charge on any atom is 0.416 e. The highest BCUT2D eigenvalue weighted by Gasteiger charge is 2.33.